The van der Waals surface area contributed by atoms with E-state index in [0.29, 0.717) is 11.6 Å². The smallest absolute Gasteiger partial charge is 0.348 e. The average molecular weight is 274 g/mol. The van der Waals surface area contributed by atoms with Crippen molar-refractivity contribution in [2.24, 2.45) is 5.73 Å². The summed E-state index contributed by atoms with van der Waals surface area (Å²) >= 11 is 0. The van der Waals surface area contributed by atoms with Crippen LogP contribution in [0, 0.1) is 0 Å². The monoisotopic (exact) mass is 274 g/mol. The van der Waals surface area contributed by atoms with Crippen LogP contribution in [0.3, 0.4) is 0 Å². The Morgan fingerprint density at radius 2 is 2.15 bits per heavy atom. The summed E-state index contributed by atoms with van der Waals surface area (Å²) < 4.78 is 6.76. The van der Waals surface area contributed by atoms with E-state index in [1.54, 1.807) is 17.7 Å². The lowest BCUT2D eigenvalue weighted by Crippen LogP contribution is -2.37. The number of hydrogen-bond acceptors (Lipinski definition) is 4. The van der Waals surface area contributed by atoms with E-state index in [9.17, 15) is 4.79 Å². The van der Waals surface area contributed by atoms with Gasteiger partial charge in [0.15, 0.2) is 5.82 Å². The fraction of sp³-hybridized carbons (Fsp3) is 0.429. The van der Waals surface area contributed by atoms with Gasteiger partial charge in [0.25, 0.3) is 0 Å². The number of aromatic nitrogens is 3. The minimum Gasteiger partial charge on any atom is -0.497 e. The lowest BCUT2D eigenvalue weighted by Gasteiger charge is -2.22. The highest BCUT2D eigenvalue weighted by molar-refractivity contribution is 5.40. The normalized spacial score (nSPS) is 17.3. The van der Waals surface area contributed by atoms with Crippen molar-refractivity contribution in [3.8, 4) is 11.4 Å². The fourth-order valence-electron chi connectivity index (χ4n) is 2.85. The molecule has 20 heavy (non-hydrogen) atoms. The largest absolute Gasteiger partial charge is 0.497 e. The number of nitrogens with two attached hydrogens (primary N) is 1. The Balaban J connectivity index is 2.13. The maximum Gasteiger partial charge on any atom is 0.348 e. The average Bonchev–Trinajstić information content (AvgIpc) is 3.06. The molecule has 2 aromatic rings. The molecule has 6 nitrogen and oxygen atoms in total. The van der Waals surface area contributed by atoms with Crippen LogP contribution >= 0.6 is 0 Å². The number of rotatable bonds is 3. The molecule has 3 rings (SSSR count). The van der Waals surface area contributed by atoms with Gasteiger partial charge in [0.2, 0.25) is 0 Å². The van der Waals surface area contributed by atoms with Gasteiger partial charge in [0.1, 0.15) is 5.75 Å². The Labute approximate surface area is 116 Å². The number of H-pyrrole nitrogens is 1. The highest BCUT2D eigenvalue weighted by Crippen LogP contribution is 2.35. The van der Waals surface area contributed by atoms with Crippen molar-refractivity contribution < 1.29 is 4.74 Å². The Morgan fingerprint density at radius 3 is 2.85 bits per heavy atom. The van der Waals surface area contributed by atoms with Crippen molar-refractivity contribution in [1.29, 1.82) is 0 Å². The maximum absolute atomic E-state index is 12.1. The van der Waals surface area contributed by atoms with Crippen LogP contribution in [0.1, 0.15) is 31.5 Å². The van der Waals surface area contributed by atoms with E-state index in [1.165, 1.54) is 0 Å². The van der Waals surface area contributed by atoms with Crippen molar-refractivity contribution in [3.05, 3.63) is 40.6 Å². The Morgan fingerprint density at radius 1 is 1.40 bits per heavy atom. The molecule has 1 aromatic carbocycles. The second-order valence-electron chi connectivity index (χ2n) is 5.25. The van der Waals surface area contributed by atoms with Crippen LogP contribution in [0.25, 0.3) is 5.69 Å². The van der Waals surface area contributed by atoms with Crippen molar-refractivity contribution in [2.45, 2.75) is 31.2 Å². The second-order valence-corrected chi connectivity index (χ2v) is 5.25. The van der Waals surface area contributed by atoms with E-state index < -0.39 is 5.54 Å². The Kier molecular flexibility index (Phi) is 3.10. The Hall–Kier alpha value is -2.08. The van der Waals surface area contributed by atoms with Gasteiger partial charge in [-0.1, -0.05) is 18.9 Å². The number of benzene rings is 1. The van der Waals surface area contributed by atoms with Crippen LogP contribution in [0.15, 0.2) is 29.1 Å². The number of aromatic amines is 1. The molecule has 3 N–H and O–H groups in total. The Bertz CT molecular complexity index is 668. The third kappa shape index (κ3) is 2.02. The zero-order chi connectivity index (χ0) is 14.2. The minimum atomic E-state index is -0.526. The summed E-state index contributed by atoms with van der Waals surface area (Å²) in [5.41, 5.74) is 6.35. The third-order valence-electron chi connectivity index (χ3n) is 3.92. The second kappa shape index (κ2) is 4.79. The molecule has 1 heterocycles. The van der Waals surface area contributed by atoms with E-state index in [0.717, 1.165) is 31.4 Å². The molecular weight excluding hydrogens is 256 g/mol. The molecule has 0 saturated heterocycles. The number of nitrogens with one attached hydrogen (secondary N) is 1. The van der Waals surface area contributed by atoms with Crippen LogP contribution in [0.4, 0.5) is 0 Å². The van der Waals surface area contributed by atoms with Crippen LogP contribution in [0.2, 0.25) is 0 Å². The van der Waals surface area contributed by atoms with E-state index >= 15 is 0 Å². The van der Waals surface area contributed by atoms with E-state index in [-0.39, 0.29) is 5.69 Å². The fourth-order valence-corrected chi connectivity index (χ4v) is 2.85. The zero-order valence-corrected chi connectivity index (χ0v) is 11.4. The van der Waals surface area contributed by atoms with E-state index in [4.69, 9.17) is 10.5 Å². The lowest BCUT2D eigenvalue weighted by atomic mass is 9.98. The lowest BCUT2D eigenvalue weighted by molar-refractivity contribution is 0.412. The molecular formula is C14H18N4O2. The van der Waals surface area contributed by atoms with Crippen molar-refractivity contribution in [2.75, 3.05) is 7.11 Å². The van der Waals surface area contributed by atoms with Gasteiger partial charge in [-0.15, -0.1) is 0 Å². The molecule has 0 amide bonds. The zero-order valence-electron chi connectivity index (χ0n) is 11.4. The highest BCUT2D eigenvalue weighted by atomic mass is 16.5. The number of ether oxygens (including phenoxy) is 1. The molecule has 1 aliphatic rings. The summed E-state index contributed by atoms with van der Waals surface area (Å²) in [6.07, 6.45) is 3.83. The quantitative estimate of drug-likeness (QED) is 0.883. The molecule has 6 heteroatoms. The first-order valence-corrected chi connectivity index (χ1v) is 6.75. The third-order valence-corrected chi connectivity index (χ3v) is 3.92. The molecule has 0 bridgehead atoms. The number of hydrogen-bond donors (Lipinski definition) is 2. The first-order chi connectivity index (χ1) is 9.64. The summed E-state index contributed by atoms with van der Waals surface area (Å²) in [6.45, 7) is 0. The van der Waals surface area contributed by atoms with Crippen LogP contribution in [-0.2, 0) is 5.54 Å². The van der Waals surface area contributed by atoms with Crippen molar-refractivity contribution >= 4 is 0 Å². The molecule has 0 unspecified atom stereocenters. The molecule has 1 fully saturated rings. The van der Waals surface area contributed by atoms with Gasteiger partial charge in [-0.05, 0) is 25.0 Å². The van der Waals surface area contributed by atoms with Gasteiger partial charge in [0, 0.05) is 6.07 Å². The predicted molar refractivity (Wildman–Crippen MR) is 75.1 cm³/mol. The van der Waals surface area contributed by atoms with E-state index in [1.807, 2.05) is 18.2 Å². The van der Waals surface area contributed by atoms with E-state index in [2.05, 4.69) is 10.2 Å². The van der Waals surface area contributed by atoms with Gasteiger partial charge in [-0.3, -0.25) is 0 Å². The molecule has 0 spiro atoms. The summed E-state index contributed by atoms with van der Waals surface area (Å²) in [5.74, 6) is 1.30. The molecule has 1 aliphatic carbocycles. The van der Waals surface area contributed by atoms with Crippen LogP contribution in [-0.4, -0.2) is 21.9 Å². The molecule has 1 aromatic heterocycles. The van der Waals surface area contributed by atoms with Gasteiger partial charge in [-0.25, -0.2) is 14.5 Å². The molecule has 106 valence electrons. The molecule has 0 radical (unpaired) electrons. The SMILES string of the molecule is COc1cccc(-n2c(C3(N)CCCC3)n[nH]c2=O)c1. The molecule has 0 aliphatic heterocycles. The van der Waals surface area contributed by atoms with Crippen LogP contribution in [0.5, 0.6) is 5.75 Å². The number of methoxy groups -OCH3 is 1. The van der Waals surface area contributed by atoms with Gasteiger partial charge in [0.05, 0.1) is 18.3 Å². The molecule has 0 atom stereocenters. The first-order valence-electron chi connectivity index (χ1n) is 6.75. The van der Waals surface area contributed by atoms with Gasteiger partial charge >= 0.3 is 5.69 Å². The maximum atomic E-state index is 12.1. The summed E-state index contributed by atoms with van der Waals surface area (Å²) in [7, 11) is 1.60. The summed E-state index contributed by atoms with van der Waals surface area (Å²) in [5, 5.41) is 6.67. The van der Waals surface area contributed by atoms with Crippen LogP contribution < -0.4 is 16.2 Å². The highest BCUT2D eigenvalue weighted by Gasteiger charge is 2.36. The first kappa shape index (κ1) is 12.9. The predicted octanol–water partition coefficient (Wildman–Crippen LogP) is 1.30. The molecule has 1 saturated carbocycles. The summed E-state index contributed by atoms with van der Waals surface area (Å²) in [4.78, 5) is 12.1. The standard InChI is InChI=1S/C14H18N4O2/c1-20-11-6-4-5-10(9-11)18-12(16-17-13(18)19)14(15)7-2-3-8-14/h4-6,9H,2-3,7-8,15H2,1H3,(H,17,19). The van der Waals surface area contributed by atoms with Gasteiger partial charge < -0.3 is 10.5 Å². The van der Waals surface area contributed by atoms with Crippen molar-refractivity contribution in [3.63, 3.8) is 0 Å². The summed E-state index contributed by atoms with van der Waals surface area (Å²) in [6, 6.07) is 7.33. The van der Waals surface area contributed by atoms with Gasteiger partial charge in [-0.2, -0.15) is 5.10 Å². The van der Waals surface area contributed by atoms with Crippen molar-refractivity contribution in [1.82, 2.24) is 14.8 Å². The number of nitrogens with zero attached hydrogens (tertiary/aromatic N) is 2. The topological polar surface area (TPSA) is 85.9 Å². The minimum absolute atomic E-state index is 0.273.